The summed E-state index contributed by atoms with van der Waals surface area (Å²) in [7, 11) is 1.73. The highest BCUT2D eigenvalue weighted by Gasteiger charge is 2.12. The first-order valence-corrected chi connectivity index (χ1v) is 10.0. The highest BCUT2D eigenvalue weighted by atomic mass is 32.1. The third kappa shape index (κ3) is 3.81. The highest BCUT2D eigenvalue weighted by Crippen LogP contribution is 2.28. The van der Waals surface area contributed by atoms with Crippen molar-refractivity contribution in [1.29, 1.82) is 0 Å². The maximum absolute atomic E-state index is 12.5. The van der Waals surface area contributed by atoms with Gasteiger partial charge in [0, 0.05) is 31.0 Å². The molecule has 0 atom stereocenters. The molecule has 0 bridgehead atoms. The van der Waals surface area contributed by atoms with Gasteiger partial charge in [-0.05, 0) is 19.4 Å². The summed E-state index contributed by atoms with van der Waals surface area (Å²) in [5.74, 6) is -0.204. The molecule has 8 nitrogen and oxygen atoms in total. The summed E-state index contributed by atoms with van der Waals surface area (Å²) in [5.41, 5.74) is 4.55. The Bertz CT molecular complexity index is 1270. The first-order valence-electron chi connectivity index (χ1n) is 9.12. The van der Waals surface area contributed by atoms with Crippen molar-refractivity contribution in [3.8, 4) is 11.3 Å². The lowest BCUT2D eigenvalue weighted by Crippen LogP contribution is -2.23. The van der Waals surface area contributed by atoms with E-state index in [0.29, 0.717) is 16.2 Å². The summed E-state index contributed by atoms with van der Waals surface area (Å²) >= 11 is 1.38. The standard InChI is InChI=1S/C20H20N6O2S/c1-12-4-5-14(13(2)8-12)16-10-29-20(23-16)24-17(27)6-7-26-11-21-18-15(19(26)28)9-22-25(18)3/h4-5,8-11H,6-7H2,1-3H3,(H,23,24,27). The number of thiazole rings is 1. The Balaban J connectivity index is 1.42. The van der Waals surface area contributed by atoms with Crippen LogP contribution in [0.1, 0.15) is 17.5 Å². The largest absolute Gasteiger partial charge is 0.302 e. The van der Waals surface area contributed by atoms with Crippen LogP contribution >= 0.6 is 11.3 Å². The lowest BCUT2D eigenvalue weighted by atomic mass is 10.0. The Morgan fingerprint density at radius 3 is 2.90 bits per heavy atom. The molecule has 3 heterocycles. The van der Waals surface area contributed by atoms with Crippen molar-refractivity contribution in [1.82, 2.24) is 24.3 Å². The lowest BCUT2D eigenvalue weighted by molar-refractivity contribution is -0.116. The number of fused-ring (bicyclic) bond motifs is 1. The summed E-state index contributed by atoms with van der Waals surface area (Å²) < 4.78 is 2.97. The summed E-state index contributed by atoms with van der Waals surface area (Å²) in [5, 5.41) is 9.76. The first kappa shape index (κ1) is 19.0. The SMILES string of the molecule is Cc1ccc(-c2csc(NC(=O)CCn3cnc4c(cnn4C)c3=O)n2)c(C)c1. The minimum atomic E-state index is -0.206. The number of rotatable bonds is 5. The minimum absolute atomic E-state index is 0.145. The number of aryl methyl sites for hydroxylation is 4. The van der Waals surface area contributed by atoms with E-state index in [4.69, 9.17) is 0 Å². The van der Waals surface area contributed by atoms with Crippen molar-refractivity contribution in [2.45, 2.75) is 26.8 Å². The van der Waals surface area contributed by atoms with E-state index in [0.717, 1.165) is 16.8 Å². The van der Waals surface area contributed by atoms with E-state index in [2.05, 4.69) is 33.4 Å². The Morgan fingerprint density at radius 2 is 2.10 bits per heavy atom. The van der Waals surface area contributed by atoms with Crippen molar-refractivity contribution in [3.63, 3.8) is 0 Å². The maximum Gasteiger partial charge on any atom is 0.264 e. The summed E-state index contributed by atoms with van der Waals surface area (Å²) in [6.07, 6.45) is 3.08. The fourth-order valence-corrected chi connectivity index (χ4v) is 3.91. The number of anilines is 1. The van der Waals surface area contributed by atoms with E-state index in [-0.39, 0.29) is 24.4 Å². The van der Waals surface area contributed by atoms with Crippen LogP contribution in [0, 0.1) is 13.8 Å². The smallest absolute Gasteiger partial charge is 0.264 e. The van der Waals surface area contributed by atoms with Crippen LogP contribution in [-0.4, -0.2) is 30.2 Å². The van der Waals surface area contributed by atoms with Gasteiger partial charge in [0.2, 0.25) is 5.91 Å². The lowest BCUT2D eigenvalue weighted by Gasteiger charge is -2.06. The zero-order valence-corrected chi connectivity index (χ0v) is 17.2. The molecule has 0 fully saturated rings. The van der Waals surface area contributed by atoms with Crippen LogP contribution in [-0.2, 0) is 18.4 Å². The van der Waals surface area contributed by atoms with Gasteiger partial charge in [0.25, 0.3) is 5.56 Å². The van der Waals surface area contributed by atoms with E-state index < -0.39 is 0 Å². The van der Waals surface area contributed by atoms with Crippen molar-refractivity contribution in [2.24, 2.45) is 7.05 Å². The predicted molar refractivity (Wildman–Crippen MR) is 113 cm³/mol. The number of amides is 1. The number of carbonyl (C=O) groups excluding carboxylic acids is 1. The Hall–Kier alpha value is -3.33. The van der Waals surface area contributed by atoms with Gasteiger partial charge in [0.15, 0.2) is 10.8 Å². The van der Waals surface area contributed by atoms with Gasteiger partial charge in [-0.3, -0.25) is 18.8 Å². The maximum atomic E-state index is 12.5. The van der Waals surface area contributed by atoms with Crippen molar-refractivity contribution >= 4 is 33.4 Å². The zero-order chi connectivity index (χ0) is 20.5. The van der Waals surface area contributed by atoms with Crippen molar-refractivity contribution in [2.75, 3.05) is 5.32 Å². The Morgan fingerprint density at radius 1 is 1.28 bits per heavy atom. The third-order valence-corrected chi connectivity index (χ3v) is 5.46. The molecule has 0 saturated heterocycles. The Kier molecular flexibility index (Phi) is 4.98. The van der Waals surface area contributed by atoms with Gasteiger partial charge in [0.1, 0.15) is 5.39 Å². The number of hydrogen-bond acceptors (Lipinski definition) is 6. The Labute approximate surface area is 170 Å². The molecule has 4 rings (SSSR count). The molecule has 1 amide bonds. The van der Waals surface area contributed by atoms with Gasteiger partial charge < -0.3 is 5.32 Å². The first-order chi connectivity index (χ1) is 13.9. The van der Waals surface area contributed by atoms with Crippen LogP contribution in [0.25, 0.3) is 22.3 Å². The van der Waals surface area contributed by atoms with E-state index in [1.807, 2.05) is 24.4 Å². The normalized spacial score (nSPS) is 11.1. The molecule has 148 valence electrons. The second kappa shape index (κ2) is 7.59. The van der Waals surface area contributed by atoms with Gasteiger partial charge in [-0.1, -0.05) is 23.8 Å². The second-order valence-corrected chi connectivity index (χ2v) is 7.76. The van der Waals surface area contributed by atoms with Gasteiger partial charge in [-0.15, -0.1) is 11.3 Å². The molecule has 0 aliphatic carbocycles. The molecule has 0 aliphatic rings. The molecular weight excluding hydrogens is 388 g/mol. The quantitative estimate of drug-likeness (QED) is 0.548. The van der Waals surface area contributed by atoms with Gasteiger partial charge in [-0.2, -0.15) is 5.10 Å². The van der Waals surface area contributed by atoms with Crippen LogP contribution in [0.5, 0.6) is 0 Å². The molecular formula is C20H20N6O2S. The average molecular weight is 408 g/mol. The summed E-state index contributed by atoms with van der Waals surface area (Å²) in [6, 6.07) is 6.20. The molecule has 0 saturated carbocycles. The van der Waals surface area contributed by atoms with Crippen LogP contribution in [0.15, 0.2) is 40.9 Å². The predicted octanol–water partition coefficient (Wildman–Crippen LogP) is 2.90. The van der Waals surface area contributed by atoms with Crippen LogP contribution in [0.3, 0.4) is 0 Å². The molecule has 1 N–H and O–H groups in total. The molecule has 0 radical (unpaired) electrons. The molecule has 9 heteroatoms. The van der Waals surface area contributed by atoms with Crippen LogP contribution in [0.4, 0.5) is 5.13 Å². The monoisotopic (exact) mass is 408 g/mol. The number of benzene rings is 1. The van der Waals surface area contributed by atoms with E-state index in [9.17, 15) is 9.59 Å². The van der Waals surface area contributed by atoms with Crippen LogP contribution in [0.2, 0.25) is 0 Å². The second-order valence-electron chi connectivity index (χ2n) is 6.90. The topological polar surface area (TPSA) is 94.7 Å². The molecule has 1 aromatic carbocycles. The number of hydrogen-bond donors (Lipinski definition) is 1. The number of nitrogens with one attached hydrogen (secondary N) is 1. The third-order valence-electron chi connectivity index (χ3n) is 4.71. The highest BCUT2D eigenvalue weighted by molar-refractivity contribution is 7.14. The molecule has 3 aromatic heterocycles. The van der Waals surface area contributed by atoms with Gasteiger partial charge in [0.05, 0.1) is 18.2 Å². The molecule has 4 aromatic rings. The molecule has 0 spiro atoms. The number of aromatic nitrogens is 5. The fourth-order valence-electron chi connectivity index (χ4n) is 3.19. The number of nitrogens with zero attached hydrogens (tertiary/aromatic N) is 5. The summed E-state index contributed by atoms with van der Waals surface area (Å²) in [6.45, 7) is 4.33. The van der Waals surface area contributed by atoms with Gasteiger partial charge in [-0.25, -0.2) is 9.97 Å². The van der Waals surface area contributed by atoms with Gasteiger partial charge >= 0.3 is 0 Å². The average Bonchev–Trinajstić information content (AvgIpc) is 3.28. The van der Waals surface area contributed by atoms with Crippen LogP contribution < -0.4 is 10.9 Å². The minimum Gasteiger partial charge on any atom is -0.302 e. The molecule has 0 aliphatic heterocycles. The summed E-state index contributed by atoms with van der Waals surface area (Å²) in [4.78, 5) is 33.5. The fraction of sp³-hybridized carbons (Fsp3) is 0.250. The molecule has 29 heavy (non-hydrogen) atoms. The van der Waals surface area contributed by atoms with E-state index >= 15 is 0 Å². The van der Waals surface area contributed by atoms with E-state index in [1.54, 1.807) is 11.7 Å². The molecule has 0 unspecified atom stereocenters. The van der Waals surface area contributed by atoms with E-state index in [1.165, 1.54) is 34.0 Å². The number of carbonyl (C=O) groups is 1. The zero-order valence-electron chi connectivity index (χ0n) is 16.3. The van der Waals surface area contributed by atoms with Crippen molar-refractivity contribution < 1.29 is 4.79 Å². The van der Waals surface area contributed by atoms with Crippen molar-refractivity contribution in [3.05, 3.63) is 57.6 Å².